The number of ether oxygens (including phenoxy) is 2. The van der Waals surface area contributed by atoms with Crippen molar-refractivity contribution in [3.8, 4) is 16.9 Å². The number of hydrogen-bond donors (Lipinski definition) is 1. The van der Waals surface area contributed by atoms with Gasteiger partial charge < -0.3 is 19.7 Å². The molecule has 0 aromatic heterocycles. The van der Waals surface area contributed by atoms with E-state index in [-0.39, 0.29) is 17.7 Å². The molecule has 0 unspecified atom stereocenters. The van der Waals surface area contributed by atoms with Crippen LogP contribution in [0.2, 0.25) is 0 Å². The number of hydrogen-bond acceptors (Lipinski definition) is 5. The first kappa shape index (κ1) is 24.0. The molecule has 1 aliphatic rings. The van der Waals surface area contributed by atoms with Crippen molar-refractivity contribution in [2.45, 2.75) is 26.4 Å². The van der Waals surface area contributed by atoms with Crippen LogP contribution in [0.1, 0.15) is 40.1 Å². The molecule has 0 bridgehead atoms. The van der Waals surface area contributed by atoms with Gasteiger partial charge in [-0.25, -0.2) is 4.79 Å². The van der Waals surface area contributed by atoms with E-state index in [1.165, 1.54) is 14.2 Å². The number of rotatable bonds is 7. The van der Waals surface area contributed by atoms with Gasteiger partial charge in [-0.15, -0.1) is 0 Å². The lowest BCUT2D eigenvalue weighted by Crippen LogP contribution is -2.45. The summed E-state index contributed by atoms with van der Waals surface area (Å²) in [5.41, 5.74) is 4.35. The van der Waals surface area contributed by atoms with Gasteiger partial charge in [0.2, 0.25) is 0 Å². The van der Waals surface area contributed by atoms with Gasteiger partial charge in [0.25, 0.3) is 11.8 Å². The third-order valence-electron chi connectivity index (χ3n) is 6.18. The van der Waals surface area contributed by atoms with Gasteiger partial charge in [-0.2, -0.15) is 0 Å². The number of carbonyl (C=O) groups excluding carboxylic acids is 3. The molecule has 0 radical (unpaired) electrons. The van der Waals surface area contributed by atoms with Crippen LogP contribution < -0.4 is 10.1 Å². The van der Waals surface area contributed by atoms with Crippen LogP contribution >= 0.6 is 0 Å². The van der Waals surface area contributed by atoms with Crippen molar-refractivity contribution in [1.82, 2.24) is 4.90 Å². The average molecular weight is 473 g/mol. The highest BCUT2D eigenvalue weighted by molar-refractivity contribution is 6.06. The molecule has 1 atom stereocenters. The second kappa shape index (κ2) is 10.0. The summed E-state index contributed by atoms with van der Waals surface area (Å²) in [7, 11) is 2.87. The van der Waals surface area contributed by atoms with Crippen LogP contribution in [-0.2, 0) is 16.1 Å². The normalized spacial score (nSPS) is 13.4. The minimum Gasteiger partial charge on any atom is -0.496 e. The number of anilines is 1. The number of methoxy groups -OCH3 is 2. The Morgan fingerprint density at radius 2 is 1.63 bits per heavy atom. The summed E-state index contributed by atoms with van der Waals surface area (Å²) < 4.78 is 10.2. The maximum absolute atomic E-state index is 13.2. The highest BCUT2D eigenvalue weighted by Crippen LogP contribution is 2.32. The third-order valence-corrected chi connectivity index (χ3v) is 6.18. The predicted octanol–water partition coefficient (Wildman–Crippen LogP) is 4.77. The van der Waals surface area contributed by atoms with Gasteiger partial charge in [-0.1, -0.05) is 50.2 Å². The SMILES string of the molecule is COC(=O)[C@H](C(C)C)N1Cc2ccc(-c3ccc(NC(=O)c4ccccc4OC)cc3)cc2C1=O. The number of para-hydroxylation sites is 1. The van der Waals surface area contributed by atoms with E-state index in [2.05, 4.69) is 5.32 Å². The molecule has 2 amide bonds. The van der Waals surface area contributed by atoms with Crippen molar-refractivity contribution in [2.75, 3.05) is 19.5 Å². The Morgan fingerprint density at radius 3 is 2.29 bits per heavy atom. The Hall–Kier alpha value is -4.13. The van der Waals surface area contributed by atoms with E-state index in [9.17, 15) is 14.4 Å². The van der Waals surface area contributed by atoms with Crippen LogP contribution in [0, 0.1) is 5.92 Å². The van der Waals surface area contributed by atoms with Crippen LogP contribution in [0.5, 0.6) is 5.75 Å². The molecule has 4 rings (SSSR count). The Labute approximate surface area is 204 Å². The fraction of sp³-hybridized carbons (Fsp3) is 0.250. The zero-order chi connectivity index (χ0) is 25.1. The summed E-state index contributed by atoms with van der Waals surface area (Å²) in [6.45, 7) is 4.18. The Morgan fingerprint density at radius 1 is 0.943 bits per heavy atom. The van der Waals surface area contributed by atoms with Gasteiger partial charge in [-0.05, 0) is 52.9 Å². The summed E-state index contributed by atoms with van der Waals surface area (Å²) in [6.07, 6.45) is 0. The largest absolute Gasteiger partial charge is 0.496 e. The molecule has 0 saturated carbocycles. The molecule has 180 valence electrons. The maximum Gasteiger partial charge on any atom is 0.328 e. The Bertz CT molecular complexity index is 1270. The topological polar surface area (TPSA) is 84.9 Å². The van der Waals surface area contributed by atoms with Crippen molar-refractivity contribution in [1.29, 1.82) is 0 Å². The summed E-state index contributed by atoms with van der Waals surface area (Å²) >= 11 is 0. The van der Waals surface area contributed by atoms with Gasteiger partial charge >= 0.3 is 5.97 Å². The van der Waals surface area contributed by atoms with Gasteiger partial charge in [0.15, 0.2) is 0 Å². The van der Waals surface area contributed by atoms with E-state index in [1.54, 1.807) is 23.1 Å². The number of esters is 1. The van der Waals surface area contributed by atoms with Crippen molar-refractivity contribution in [3.63, 3.8) is 0 Å². The third kappa shape index (κ3) is 4.75. The summed E-state index contributed by atoms with van der Waals surface area (Å²) in [5, 5.41) is 2.88. The second-order valence-electron chi connectivity index (χ2n) is 8.75. The molecule has 7 nitrogen and oxygen atoms in total. The van der Waals surface area contributed by atoms with Crippen molar-refractivity contribution in [2.24, 2.45) is 5.92 Å². The standard InChI is InChI=1S/C28H28N2O5/c1-17(2)25(28(33)35-4)30-16-20-10-9-19(15-23(20)27(30)32)18-11-13-21(14-12-18)29-26(31)22-7-5-6-8-24(22)34-3/h5-15,17,25H,16H2,1-4H3,(H,29,31)/t25-/m0/s1. The molecular weight excluding hydrogens is 444 g/mol. The molecule has 1 heterocycles. The lowest BCUT2D eigenvalue weighted by atomic mass is 10.00. The Balaban J connectivity index is 1.52. The molecule has 3 aromatic rings. The predicted molar refractivity (Wildman–Crippen MR) is 133 cm³/mol. The molecule has 1 N–H and O–H groups in total. The maximum atomic E-state index is 13.2. The molecule has 3 aromatic carbocycles. The second-order valence-corrected chi connectivity index (χ2v) is 8.75. The van der Waals surface area contributed by atoms with E-state index < -0.39 is 12.0 Å². The molecule has 0 aliphatic carbocycles. The highest BCUT2D eigenvalue weighted by Gasteiger charge is 2.38. The zero-order valence-electron chi connectivity index (χ0n) is 20.2. The Kier molecular flexibility index (Phi) is 6.87. The number of carbonyl (C=O) groups is 3. The smallest absolute Gasteiger partial charge is 0.328 e. The van der Waals surface area contributed by atoms with E-state index in [0.717, 1.165) is 16.7 Å². The number of amides is 2. The van der Waals surface area contributed by atoms with E-state index >= 15 is 0 Å². The number of fused-ring (bicyclic) bond motifs is 1. The van der Waals surface area contributed by atoms with Crippen LogP contribution in [0.4, 0.5) is 5.69 Å². The van der Waals surface area contributed by atoms with Crippen LogP contribution in [0.3, 0.4) is 0 Å². The summed E-state index contributed by atoms with van der Waals surface area (Å²) in [5.74, 6) is -0.410. The number of benzene rings is 3. The molecule has 7 heteroatoms. The molecule has 0 saturated heterocycles. The van der Waals surface area contributed by atoms with Crippen molar-refractivity contribution >= 4 is 23.5 Å². The summed E-state index contributed by atoms with van der Waals surface area (Å²) in [4.78, 5) is 39.7. The average Bonchev–Trinajstić information content (AvgIpc) is 3.19. The first-order chi connectivity index (χ1) is 16.8. The summed E-state index contributed by atoms with van der Waals surface area (Å²) in [6, 6.07) is 19.6. The number of nitrogens with one attached hydrogen (secondary N) is 1. The first-order valence-corrected chi connectivity index (χ1v) is 11.4. The molecular formula is C28H28N2O5. The molecule has 1 aliphatic heterocycles. The van der Waals surface area contributed by atoms with E-state index in [0.29, 0.717) is 29.1 Å². The first-order valence-electron chi connectivity index (χ1n) is 11.4. The van der Waals surface area contributed by atoms with Gasteiger partial charge in [0, 0.05) is 17.8 Å². The van der Waals surface area contributed by atoms with Crippen LogP contribution in [0.15, 0.2) is 66.7 Å². The van der Waals surface area contributed by atoms with Gasteiger partial charge in [0.1, 0.15) is 11.8 Å². The molecule has 0 fully saturated rings. The van der Waals surface area contributed by atoms with Gasteiger partial charge in [0.05, 0.1) is 19.8 Å². The van der Waals surface area contributed by atoms with E-state index in [4.69, 9.17) is 9.47 Å². The molecule has 35 heavy (non-hydrogen) atoms. The monoisotopic (exact) mass is 472 g/mol. The van der Waals surface area contributed by atoms with Crippen LogP contribution in [0.25, 0.3) is 11.1 Å². The van der Waals surface area contributed by atoms with Crippen molar-refractivity contribution < 1.29 is 23.9 Å². The fourth-order valence-corrected chi connectivity index (χ4v) is 4.38. The van der Waals surface area contributed by atoms with Crippen LogP contribution in [-0.4, -0.2) is 42.9 Å². The fourth-order valence-electron chi connectivity index (χ4n) is 4.38. The lowest BCUT2D eigenvalue weighted by molar-refractivity contribution is -0.147. The van der Waals surface area contributed by atoms with Crippen molar-refractivity contribution in [3.05, 3.63) is 83.4 Å². The quantitative estimate of drug-likeness (QED) is 0.501. The minimum atomic E-state index is -0.630. The minimum absolute atomic E-state index is 0.0706. The highest BCUT2D eigenvalue weighted by atomic mass is 16.5. The van der Waals surface area contributed by atoms with Gasteiger partial charge in [-0.3, -0.25) is 9.59 Å². The van der Waals surface area contributed by atoms with E-state index in [1.807, 2.05) is 62.4 Å². The number of nitrogens with zero attached hydrogens (tertiary/aromatic N) is 1. The lowest BCUT2D eigenvalue weighted by Gasteiger charge is -2.28. The zero-order valence-corrected chi connectivity index (χ0v) is 20.2. The molecule has 0 spiro atoms.